The number of alkyl carbamates (subject to hydrolysis) is 1. The highest BCUT2D eigenvalue weighted by Gasteiger charge is 2.27. The Morgan fingerprint density at radius 2 is 1.93 bits per heavy atom. The van der Waals surface area contributed by atoms with E-state index in [0.29, 0.717) is 21.9 Å². The maximum Gasteiger partial charge on any atom is 0.414 e. The molecule has 0 saturated carbocycles. The number of fused-ring (bicyclic) bond motifs is 1. The minimum absolute atomic E-state index is 0.167. The second-order valence-electron chi connectivity index (χ2n) is 6.28. The van der Waals surface area contributed by atoms with Crippen LogP contribution in [0.4, 0.5) is 9.80 Å². The SMILES string of the molecule is CCOC(=O)NC(=O)c1c(NC(=O)c2cccc(OC)c2)sc2c1CCCC2. The van der Waals surface area contributed by atoms with Crippen molar-refractivity contribution in [3.8, 4) is 5.75 Å². The number of thiophene rings is 1. The molecule has 28 heavy (non-hydrogen) atoms. The molecule has 0 bridgehead atoms. The first-order valence-corrected chi connectivity index (χ1v) is 9.93. The topological polar surface area (TPSA) is 93.7 Å². The minimum Gasteiger partial charge on any atom is -0.497 e. The van der Waals surface area contributed by atoms with Gasteiger partial charge in [-0.2, -0.15) is 0 Å². The van der Waals surface area contributed by atoms with Gasteiger partial charge in [0.1, 0.15) is 10.8 Å². The standard InChI is InChI=1S/C20H22N2O5S/c1-3-27-20(25)22-18(24)16-14-9-4-5-10-15(14)28-19(16)21-17(23)12-7-6-8-13(11-12)26-2/h6-8,11H,3-5,9-10H2,1-2H3,(H,21,23)(H,22,24,25). The van der Waals surface area contributed by atoms with Crippen molar-refractivity contribution in [3.05, 3.63) is 45.8 Å². The first-order chi connectivity index (χ1) is 13.5. The Hall–Kier alpha value is -2.87. The summed E-state index contributed by atoms with van der Waals surface area (Å²) < 4.78 is 9.96. The lowest BCUT2D eigenvalue weighted by atomic mass is 9.95. The summed E-state index contributed by atoms with van der Waals surface area (Å²) in [5, 5.41) is 5.52. The number of carbonyl (C=O) groups is 3. The van der Waals surface area contributed by atoms with Gasteiger partial charge < -0.3 is 14.8 Å². The monoisotopic (exact) mass is 402 g/mol. The van der Waals surface area contributed by atoms with E-state index < -0.39 is 12.0 Å². The summed E-state index contributed by atoms with van der Waals surface area (Å²) in [6.45, 7) is 1.83. The molecule has 3 rings (SSSR count). The quantitative estimate of drug-likeness (QED) is 0.794. The van der Waals surface area contributed by atoms with E-state index in [-0.39, 0.29) is 12.5 Å². The summed E-state index contributed by atoms with van der Waals surface area (Å²) >= 11 is 1.39. The molecule has 148 valence electrons. The number of amides is 3. The molecule has 1 aromatic heterocycles. The Kier molecular flexibility index (Phi) is 6.30. The second kappa shape index (κ2) is 8.88. The first-order valence-electron chi connectivity index (χ1n) is 9.11. The van der Waals surface area contributed by atoms with Crippen molar-refractivity contribution in [2.75, 3.05) is 19.0 Å². The number of carbonyl (C=O) groups excluding carboxylic acids is 3. The van der Waals surface area contributed by atoms with Crippen LogP contribution in [0.1, 0.15) is 50.9 Å². The van der Waals surface area contributed by atoms with Gasteiger partial charge in [-0.1, -0.05) is 6.07 Å². The predicted octanol–water partition coefficient (Wildman–Crippen LogP) is 3.77. The zero-order valence-electron chi connectivity index (χ0n) is 15.8. The number of hydrogen-bond acceptors (Lipinski definition) is 6. The number of rotatable bonds is 5. The molecule has 0 atom stereocenters. The molecule has 3 amide bonds. The number of aryl methyl sites for hydroxylation is 1. The van der Waals surface area contributed by atoms with E-state index in [0.717, 1.165) is 36.1 Å². The molecule has 2 N–H and O–H groups in total. The van der Waals surface area contributed by atoms with Gasteiger partial charge in [0.15, 0.2) is 0 Å². The molecule has 0 spiro atoms. The van der Waals surface area contributed by atoms with E-state index in [1.807, 2.05) is 0 Å². The molecule has 2 aromatic rings. The van der Waals surface area contributed by atoms with E-state index >= 15 is 0 Å². The Balaban J connectivity index is 1.89. The largest absolute Gasteiger partial charge is 0.497 e. The van der Waals surface area contributed by atoms with Crippen molar-refractivity contribution < 1.29 is 23.9 Å². The Bertz CT molecular complexity index is 906. The zero-order chi connectivity index (χ0) is 20.1. The minimum atomic E-state index is -0.798. The number of anilines is 1. The highest BCUT2D eigenvalue weighted by Crippen LogP contribution is 2.38. The molecule has 7 nitrogen and oxygen atoms in total. The van der Waals surface area contributed by atoms with E-state index in [2.05, 4.69) is 10.6 Å². The van der Waals surface area contributed by atoms with Gasteiger partial charge in [-0.3, -0.25) is 14.9 Å². The molecule has 1 aromatic carbocycles. The number of benzene rings is 1. The average Bonchev–Trinajstić information content (AvgIpc) is 3.06. The molecule has 0 fully saturated rings. The van der Waals surface area contributed by atoms with Crippen molar-refractivity contribution in [2.24, 2.45) is 0 Å². The van der Waals surface area contributed by atoms with E-state index in [9.17, 15) is 14.4 Å². The van der Waals surface area contributed by atoms with Crippen LogP contribution < -0.4 is 15.4 Å². The molecule has 0 aliphatic heterocycles. The maximum atomic E-state index is 12.7. The van der Waals surface area contributed by atoms with Crippen LogP contribution in [0.15, 0.2) is 24.3 Å². The molecule has 1 aliphatic carbocycles. The van der Waals surface area contributed by atoms with Crippen molar-refractivity contribution in [1.82, 2.24) is 5.32 Å². The smallest absolute Gasteiger partial charge is 0.414 e. The van der Waals surface area contributed by atoms with Crippen LogP contribution in [0.2, 0.25) is 0 Å². The predicted molar refractivity (Wildman–Crippen MR) is 106 cm³/mol. The van der Waals surface area contributed by atoms with Gasteiger partial charge in [-0.25, -0.2) is 4.79 Å². The first kappa shape index (κ1) is 19.9. The van der Waals surface area contributed by atoms with E-state index in [1.165, 1.54) is 18.4 Å². The maximum absolute atomic E-state index is 12.7. The summed E-state index contributed by atoms with van der Waals surface area (Å²) in [5.74, 6) is -0.333. The van der Waals surface area contributed by atoms with Crippen LogP contribution in [0.3, 0.4) is 0 Å². The molecule has 0 unspecified atom stereocenters. The zero-order valence-corrected chi connectivity index (χ0v) is 16.6. The van der Waals surface area contributed by atoms with Crippen LogP contribution in [0.5, 0.6) is 5.75 Å². The van der Waals surface area contributed by atoms with Crippen molar-refractivity contribution in [3.63, 3.8) is 0 Å². The van der Waals surface area contributed by atoms with Gasteiger partial charge >= 0.3 is 6.09 Å². The third-order valence-corrected chi connectivity index (χ3v) is 5.66. The summed E-state index contributed by atoms with van der Waals surface area (Å²) in [4.78, 5) is 38.2. The van der Waals surface area contributed by atoms with Gasteiger partial charge in [-0.05, 0) is 56.4 Å². The Morgan fingerprint density at radius 1 is 1.14 bits per heavy atom. The molecular formula is C20H22N2O5S. The lowest BCUT2D eigenvalue weighted by Crippen LogP contribution is -2.32. The van der Waals surface area contributed by atoms with Gasteiger partial charge in [0.05, 0.1) is 19.3 Å². The fourth-order valence-electron chi connectivity index (χ4n) is 3.16. The molecule has 8 heteroatoms. The molecule has 1 heterocycles. The lowest BCUT2D eigenvalue weighted by Gasteiger charge is -2.13. The number of nitrogens with one attached hydrogen (secondary N) is 2. The normalized spacial score (nSPS) is 12.6. The van der Waals surface area contributed by atoms with Crippen LogP contribution >= 0.6 is 11.3 Å². The number of ether oxygens (including phenoxy) is 2. The highest BCUT2D eigenvalue weighted by molar-refractivity contribution is 7.17. The lowest BCUT2D eigenvalue weighted by molar-refractivity contribution is 0.0925. The molecular weight excluding hydrogens is 380 g/mol. The average molecular weight is 402 g/mol. The van der Waals surface area contributed by atoms with Crippen molar-refractivity contribution in [1.29, 1.82) is 0 Å². The van der Waals surface area contributed by atoms with Crippen LogP contribution in [-0.2, 0) is 17.6 Å². The third-order valence-electron chi connectivity index (χ3n) is 4.45. The summed E-state index contributed by atoms with van der Waals surface area (Å²) in [6.07, 6.45) is 2.80. The summed E-state index contributed by atoms with van der Waals surface area (Å²) in [5.41, 5.74) is 1.67. The van der Waals surface area contributed by atoms with Gasteiger partial charge in [0.2, 0.25) is 0 Å². The molecule has 0 radical (unpaired) electrons. The van der Waals surface area contributed by atoms with Gasteiger partial charge in [-0.15, -0.1) is 11.3 Å². The fraction of sp³-hybridized carbons (Fsp3) is 0.350. The number of hydrogen-bond donors (Lipinski definition) is 2. The van der Waals surface area contributed by atoms with Crippen LogP contribution in [0, 0.1) is 0 Å². The van der Waals surface area contributed by atoms with Gasteiger partial charge in [0, 0.05) is 10.4 Å². The van der Waals surface area contributed by atoms with Gasteiger partial charge in [0.25, 0.3) is 11.8 Å². The van der Waals surface area contributed by atoms with Crippen molar-refractivity contribution >= 4 is 34.2 Å². The fourth-order valence-corrected chi connectivity index (χ4v) is 4.44. The summed E-state index contributed by atoms with van der Waals surface area (Å²) in [7, 11) is 1.53. The second-order valence-corrected chi connectivity index (χ2v) is 7.38. The van der Waals surface area contributed by atoms with Crippen LogP contribution in [0.25, 0.3) is 0 Å². The highest BCUT2D eigenvalue weighted by atomic mass is 32.1. The molecule has 1 aliphatic rings. The van der Waals surface area contributed by atoms with Crippen molar-refractivity contribution in [2.45, 2.75) is 32.6 Å². The van der Waals surface area contributed by atoms with E-state index in [1.54, 1.807) is 31.2 Å². The Morgan fingerprint density at radius 3 is 2.68 bits per heavy atom. The third kappa shape index (κ3) is 4.33. The summed E-state index contributed by atoms with van der Waals surface area (Å²) in [6, 6.07) is 6.77. The number of methoxy groups -OCH3 is 1. The number of imide groups is 1. The molecule has 0 saturated heterocycles. The van der Waals surface area contributed by atoms with Crippen LogP contribution in [-0.4, -0.2) is 31.6 Å². The Labute approximate surface area is 167 Å². The van der Waals surface area contributed by atoms with E-state index in [4.69, 9.17) is 9.47 Å².